The first kappa shape index (κ1) is 83.3. The first-order chi connectivity index (χ1) is 50.8. The molecular weight excluding hydrogens is 1670 g/mol. The second kappa shape index (κ2) is 37.3. The van der Waals surface area contributed by atoms with Crippen molar-refractivity contribution in [3.63, 3.8) is 0 Å². The number of aryl methyl sites for hydroxylation is 1. The number of H-pyrrole nitrogens is 4. The highest BCUT2D eigenvalue weighted by Crippen LogP contribution is 2.34. The number of urea groups is 3. The number of imide groups is 3. The molecule has 4 aliphatic heterocycles. The minimum Gasteiger partial charge on any atom is -0.508 e. The highest BCUT2D eigenvalue weighted by molar-refractivity contribution is 15.0. The fraction of sp³-hybridized carbons (Fsp3) is 0.209. The number of nitrogens with one attached hydrogen (secondary N) is 10. The lowest BCUT2D eigenvalue weighted by molar-refractivity contribution is -0.385. The van der Waals surface area contributed by atoms with Crippen molar-refractivity contribution >= 4 is 154 Å². The number of nitrogens with two attached hydrogens (primary N) is 1. The molecular formula is C67H66FI2N15O22P+. The van der Waals surface area contributed by atoms with Crippen molar-refractivity contribution in [3.05, 3.63) is 208 Å². The molecule has 4 aliphatic rings. The number of phenolic OH excluding ortho intramolecular Hbond substituents is 2. The fourth-order valence-electron chi connectivity index (χ4n) is 10.6. The molecule has 16 N–H and O–H groups in total. The van der Waals surface area contributed by atoms with E-state index in [-0.39, 0.29) is 68.3 Å². The number of methoxy groups -OCH3 is 1. The van der Waals surface area contributed by atoms with Crippen LogP contribution in [0.3, 0.4) is 0 Å². The van der Waals surface area contributed by atoms with Crippen LogP contribution >= 0.6 is 45.0 Å². The number of phenols is 2. The van der Waals surface area contributed by atoms with Gasteiger partial charge in [-0.25, -0.2) is 33.9 Å². The Labute approximate surface area is 630 Å². The Morgan fingerprint density at radius 2 is 1.23 bits per heavy atom. The third kappa shape index (κ3) is 21.8. The summed E-state index contributed by atoms with van der Waals surface area (Å²) in [6.07, 6.45) is -2.17. The summed E-state index contributed by atoms with van der Waals surface area (Å²) < 4.78 is 33.1. The van der Waals surface area contributed by atoms with Gasteiger partial charge in [-0.05, 0) is 104 Å². The van der Waals surface area contributed by atoms with E-state index in [0.29, 0.717) is 68.8 Å². The normalized spacial score (nSPS) is 18.3. The number of benzene rings is 6. The van der Waals surface area contributed by atoms with E-state index in [1.807, 2.05) is 47.0 Å². The summed E-state index contributed by atoms with van der Waals surface area (Å²) in [5.41, 5.74) is 10.4. The van der Waals surface area contributed by atoms with Crippen LogP contribution in [0.25, 0.3) is 50.2 Å². The molecule has 0 bridgehead atoms. The second-order valence-corrected chi connectivity index (χ2v) is 25.3. The van der Waals surface area contributed by atoms with Gasteiger partial charge < -0.3 is 65.7 Å². The molecule has 4 unspecified atom stereocenters. The third-order valence-corrected chi connectivity index (χ3v) is 16.7. The number of imidazole rings is 2. The average molecular weight is 1740 g/mol. The molecule has 4 aromatic heterocycles. The van der Waals surface area contributed by atoms with E-state index >= 15 is 0 Å². The van der Waals surface area contributed by atoms with Crippen molar-refractivity contribution in [1.29, 1.82) is 0 Å². The maximum absolute atomic E-state index is 11.5. The maximum atomic E-state index is 11.5. The van der Waals surface area contributed by atoms with Crippen LogP contribution in [0.5, 0.6) is 23.0 Å². The van der Waals surface area contributed by atoms with Gasteiger partial charge in [-0.3, -0.25) is 75.3 Å². The predicted molar refractivity (Wildman–Crippen MR) is 405 cm³/mol. The number of amides is 9. The number of aliphatic hydroxyl groups excluding tert-OH is 2. The van der Waals surface area contributed by atoms with Crippen LogP contribution in [0, 0.1) is 27.2 Å². The number of nitrogen functional groups attached to an aromatic ring is 1. The number of rotatable bonds is 13. The van der Waals surface area contributed by atoms with Gasteiger partial charge in [-0.15, -0.1) is 0 Å². The van der Waals surface area contributed by atoms with Crippen molar-refractivity contribution in [3.8, 4) is 23.0 Å². The fourth-order valence-corrected chi connectivity index (χ4v) is 11.2. The summed E-state index contributed by atoms with van der Waals surface area (Å²) in [7, 11) is -0.209. The van der Waals surface area contributed by atoms with Crippen LogP contribution in [0.15, 0.2) is 149 Å². The van der Waals surface area contributed by atoms with E-state index in [9.17, 15) is 83.3 Å². The SMILES string of the molecule is CO[C@@H]1[C@H](O)C(O)[C@H](Oc2ccc3cc4[nH]c(=O)[nH]c4nc3c2)OC1(C)C.C[P+](=O)C1NC(=O)NC1=O.Cc1ccc(C=O)c([N+](=O)[O-])c1.F.II.Nc1cc(O)ccc1CC1NC(=O)NC1=O.O=C1NC(=O)/C(=C\c2ccc(OCc3ccccc3)cc2[N+](=O)[O-])N1.O=c1[nH]c2cc3ccc(O)cc3nc2[nH]1. The Morgan fingerprint density at radius 3 is 1.77 bits per heavy atom. The standard InChI is InChI=1S/C18H21N3O6.C17H13N3O5.C10H11N3O3.C10H7N3O2.C8H7NO3.C4H5N2O3P.FH.I2/c1-18(2)14(25-3)12(22)13(23)16(27-18)26-9-5-4-8-6-11-15(19-10(8)7-9)21-17(24)20-11;21-16-14(18-17(22)19-16)8-12-6-7-13(9-15(12)20(23)24)25-10-11-4-2-1-3-5-11;11-7-4-6(14)2-1-5(7)3-8-9(15)13-10(16)12-8;14-6-2-1-5-3-8-9(11-7(5)4-6)13-10(15)12-8;1-6-2-3-7(5-10)8(4-6)9(11)12;1-10(9)3-2(7)5-4(8)6-3;;1-2/h4-7,12-14,16,22-23H,1-3H3,(H2,19,20,21,24);1-9H,10H2,(H2,18,19,21,22);1-2,4,8,14H,3,11H2,(H2,12,13,15,16);1-4,14H,(H2,11,12,13,15);2-5H,1H3;3H,1H3,(H-,5,6,7,8);1H;/p+1/b;14-8+;;;;;;/t12-,13?,14-,16-;;;;;;;/m1......./s1. The van der Waals surface area contributed by atoms with Gasteiger partial charge in [0.25, 0.3) is 23.2 Å². The molecule has 0 radical (unpaired) electrons. The Kier molecular flexibility index (Phi) is 28.8. The Morgan fingerprint density at radius 1 is 0.667 bits per heavy atom. The first-order valence-corrected chi connectivity index (χ1v) is 39.2. The van der Waals surface area contributed by atoms with E-state index in [1.54, 1.807) is 81.4 Å². The molecule has 10 aromatic rings. The molecule has 8 heterocycles. The number of aldehydes is 1. The number of aromatic hydroxyl groups is 2. The number of nitro benzene ring substituents is 2. The summed E-state index contributed by atoms with van der Waals surface area (Å²) in [6, 6.07) is 34.1. The molecule has 0 aliphatic carbocycles. The summed E-state index contributed by atoms with van der Waals surface area (Å²) >= 11 is 4.24. The van der Waals surface area contributed by atoms with E-state index < -0.39 is 89.6 Å². The monoisotopic (exact) mass is 1740 g/mol. The lowest BCUT2D eigenvalue weighted by atomic mass is 9.89. The molecule has 6 aromatic carbocycles. The van der Waals surface area contributed by atoms with E-state index in [2.05, 4.69) is 88.4 Å². The lowest BCUT2D eigenvalue weighted by Gasteiger charge is -2.46. The van der Waals surface area contributed by atoms with Gasteiger partial charge in [0.2, 0.25) is 6.29 Å². The number of pyridine rings is 2. The van der Waals surface area contributed by atoms with Gasteiger partial charge in [0.15, 0.2) is 17.6 Å². The minimum atomic E-state index is -1.66. The number of aromatic amines is 4. The van der Waals surface area contributed by atoms with Crippen LogP contribution in [0.2, 0.25) is 0 Å². The predicted octanol–water partition coefficient (Wildman–Crippen LogP) is 7.09. The van der Waals surface area contributed by atoms with Gasteiger partial charge in [0.1, 0.15) is 66.3 Å². The number of carbonyl (C=O) groups is 7. The highest BCUT2D eigenvalue weighted by Gasteiger charge is 2.50. The molecule has 37 nitrogen and oxygen atoms in total. The van der Waals surface area contributed by atoms with Crippen LogP contribution in [0.1, 0.15) is 46.5 Å². The zero-order valence-corrected chi connectivity index (χ0v) is 62.1. The van der Waals surface area contributed by atoms with Crippen molar-refractivity contribution in [2.75, 3.05) is 19.5 Å². The van der Waals surface area contributed by atoms with Crippen LogP contribution in [-0.2, 0) is 41.5 Å². The summed E-state index contributed by atoms with van der Waals surface area (Å²) in [5, 5.41) is 75.6. The van der Waals surface area contributed by atoms with E-state index in [1.165, 1.54) is 56.2 Å². The van der Waals surface area contributed by atoms with E-state index in [0.717, 1.165) is 21.9 Å². The highest BCUT2D eigenvalue weighted by atomic mass is 128. The van der Waals surface area contributed by atoms with Crippen molar-refractivity contribution in [2.45, 2.75) is 75.8 Å². The number of fused-ring (bicyclic) bond motifs is 4. The number of aromatic nitrogens is 6. The molecule has 4 saturated heterocycles. The molecule has 9 amide bonds. The molecule has 14 rings (SSSR count). The molecule has 566 valence electrons. The van der Waals surface area contributed by atoms with Gasteiger partial charge in [0, 0.05) is 91.5 Å². The second-order valence-electron chi connectivity index (χ2n) is 23.7. The number of halogens is 3. The molecule has 41 heteroatoms. The van der Waals surface area contributed by atoms with Gasteiger partial charge in [-0.1, -0.05) is 47.0 Å². The van der Waals surface area contributed by atoms with Crippen molar-refractivity contribution < 1.29 is 92.1 Å². The summed E-state index contributed by atoms with van der Waals surface area (Å²) in [4.78, 5) is 138. The quantitative estimate of drug-likeness (QED) is 0.00800. The van der Waals surface area contributed by atoms with Gasteiger partial charge >= 0.3 is 49.0 Å². The number of hydrogen-bond donors (Lipinski definition) is 15. The number of carbonyl (C=O) groups excluding carboxylic acids is 7. The molecule has 108 heavy (non-hydrogen) atoms. The number of aliphatic hydroxyl groups is 2. The Hall–Kier alpha value is -12.0. The molecule has 4 fully saturated rings. The summed E-state index contributed by atoms with van der Waals surface area (Å²) in [5.74, 6) is -1.36. The van der Waals surface area contributed by atoms with Crippen molar-refractivity contribution in [1.82, 2.24) is 61.8 Å². The number of nitro groups is 2. The van der Waals surface area contributed by atoms with E-state index in [4.69, 9.17) is 29.8 Å². The first-order valence-electron chi connectivity index (χ1n) is 31.2. The zero-order chi connectivity index (χ0) is 78.1. The minimum absolute atomic E-state index is 0. The van der Waals surface area contributed by atoms with Gasteiger partial charge in [0.05, 0.1) is 54.7 Å². The van der Waals surface area contributed by atoms with Crippen LogP contribution < -0.4 is 58.5 Å². The molecule has 7 atom stereocenters. The van der Waals surface area contributed by atoms with Crippen LogP contribution in [0.4, 0.5) is 36.2 Å². The average Bonchev–Trinajstić information content (AvgIpc) is 1.63. The maximum Gasteiger partial charge on any atom is 0.370 e. The Bertz CT molecular complexity index is 5240. The zero-order valence-electron chi connectivity index (χ0n) is 56.8. The summed E-state index contributed by atoms with van der Waals surface area (Å²) in [6.45, 7) is 6.92. The number of anilines is 1. The number of ether oxygens (including phenoxy) is 4. The van der Waals surface area contributed by atoms with Crippen LogP contribution in [-0.4, -0.2) is 158 Å². The number of nitrogens with zero attached hydrogens (tertiary/aromatic N) is 4. The molecule has 0 spiro atoms. The third-order valence-electron chi connectivity index (χ3n) is 15.6. The number of hydrogen-bond acceptors (Lipinski definition) is 25. The van der Waals surface area contributed by atoms with Crippen molar-refractivity contribution in [2.24, 2.45) is 0 Å². The Balaban J connectivity index is 0.000000185. The molecule has 0 saturated carbocycles. The largest absolute Gasteiger partial charge is 0.508 e. The smallest absolute Gasteiger partial charge is 0.370 e. The van der Waals surface area contributed by atoms with Gasteiger partial charge in [-0.2, -0.15) is 0 Å². The topological polar surface area (TPSA) is 562 Å². The lowest BCUT2D eigenvalue weighted by Crippen LogP contribution is -2.63.